The molecular weight excluding hydrogens is 452 g/mol. The van der Waals surface area contributed by atoms with Gasteiger partial charge >= 0.3 is 6.29 Å². The maximum Gasteiger partial charge on any atom is 0.586 e. The number of anilines is 2. The lowest BCUT2D eigenvalue weighted by molar-refractivity contribution is -0.286. The average molecular weight is 473 g/mol. The second-order valence-corrected chi connectivity index (χ2v) is 8.22. The molecule has 1 fully saturated rings. The summed E-state index contributed by atoms with van der Waals surface area (Å²) in [4.78, 5) is 11.7. The van der Waals surface area contributed by atoms with E-state index in [9.17, 15) is 8.78 Å². The first-order valence-electron chi connectivity index (χ1n) is 11.1. The zero-order valence-electron chi connectivity index (χ0n) is 18.8. The number of ether oxygens (including phenoxy) is 2. The Hall–Kier alpha value is -4.45. The van der Waals surface area contributed by atoms with Gasteiger partial charge in [0.2, 0.25) is 5.95 Å². The van der Waals surface area contributed by atoms with Crippen LogP contribution in [0.4, 0.5) is 20.4 Å². The summed E-state index contributed by atoms with van der Waals surface area (Å²) in [5.74, 6) is 1.27. The van der Waals surface area contributed by atoms with Crippen LogP contribution in [0.1, 0.15) is 35.7 Å². The fraction of sp³-hybridized carbons (Fsp3) is 0.192. The zero-order chi connectivity index (χ0) is 24.4. The first-order valence-corrected chi connectivity index (χ1v) is 11.1. The molecule has 2 N–H and O–H groups in total. The molecule has 9 heteroatoms. The standard InChI is InChI=1S/C14H15N3.C12H6F2N2O2/c1-10-9-13(11-7-8-11)17-14(15-10)16-12-5-3-2-4-6-12;13-12(14)17-10-3-1-2-8(11(10)18-12)9-6-16-5-7(9)4-15/h2-6,9,11H,7-8H2,1H3,(H,15,16,17);1-3,5-6,16H. The van der Waals surface area contributed by atoms with E-state index < -0.39 is 6.29 Å². The molecule has 0 atom stereocenters. The molecule has 35 heavy (non-hydrogen) atoms. The largest absolute Gasteiger partial charge is 0.586 e. The van der Waals surface area contributed by atoms with Crippen molar-refractivity contribution in [2.75, 3.05) is 5.32 Å². The number of rotatable bonds is 4. The van der Waals surface area contributed by atoms with Crippen LogP contribution < -0.4 is 14.8 Å². The van der Waals surface area contributed by atoms with E-state index in [1.807, 2.05) is 43.3 Å². The number of aromatic amines is 1. The maximum absolute atomic E-state index is 13.0. The van der Waals surface area contributed by atoms with Crippen LogP contribution in [0, 0.1) is 18.3 Å². The first-order chi connectivity index (χ1) is 16.9. The van der Waals surface area contributed by atoms with E-state index in [2.05, 4.69) is 35.8 Å². The van der Waals surface area contributed by atoms with Gasteiger partial charge in [-0.3, -0.25) is 0 Å². The Kier molecular flexibility index (Phi) is 5.79. The number of nitrogens with one attached hydrogen (secondary N) is 2. The molecule has 0 unspecified atom stereocenters. The lowest BCUT2D eigenvalue weighted by atomic mass is 10.0. The van der Waals surface area contributed by atoms with E-state index in [-0.39, 0.29) is 11.5 Å². The molecule has 0 saturated heterocycles. The van der Waals surface area contributed by atoms with Gasteiger partial charge in [-0.05, 0) is 44.0 Å². The van der Waals surface area contributed by atoms with Crippen LogP contribution in [0.5, 0.6) is 11.5 Å². The number of para-hydroxylation sites is 2. The molecule has 176 valence electrons. The number of H-pyrrole nitrogens is 1. The average Bonchev–Trinajstić information content (AvgIpc) is 3.49. The monoisotopic (exact) mass is 473 g/mol. The number of halogens is 2. The van der Waals surface area contributed by atoms with Crippen molar-refractivity contribution in [1.82, 2.24) is 15.0 Å². The van der Waals surface area contributed by atoms with Crippen LogP contribution in [0.25, 0.3) is 11.1 Å². The lowest BCUT2D eigenvalue weighted by Gasteiger charge is -2.07. The summed E-state index contributed by atoms with van der Waals surface area (Å²) in [6, 6.07) is 18.6. The van der Waals surface area contributed by atoms with Gasteiger partial charge in [-0.2, -0.15) is 5.26 Å². The molecule has 2 aromatic heterocycles. The number of nitrogens with zero attached hydrogens (tertiary/aromatic N) is 3. The Labute approximate surface area is 200 Å². The highest BCUT2D eigenvalue weighted by Gasteiger charge is 2.44. The van der Waals surface area contributed by atoms with Gasteiger partial charge in [0.1, 0.15) is 6.07 Å². The number of alkyl halides is 2. The van der Waals surface area contributed by atoms with Crippen LogP contribution in [0.2, 0.25) is 0 Å². The Bertz CT molecular complexity index is 1390. The Morgan fingerprint density at radius 2 is 1.83 bits per heavy atom. The first kappa shape index (κ1) is 22.3. The molecular formula is C26H21F2N5O2. The molecule has 3 heterocycles. The minimum atomic E-state index is -3.67. The number of hydrogen-bond donors (Lipinski definition) is 2. The number of nitriles is 1. The van der Waals surface area contributed by atoms with Crippen molar-refractivity contribution in [1.29, 1.82) is 5.26 Å². The van der Waals surface area contributed by atoms with E-state index in [0.717, 1.165) is 11.4 Å². The molecule has 0 radical (unpaired) electrons. The van der Waals surface area contributed by atoms with Gasteiger partial charge in [0.15, 0.2) is 11.5 Å². The van der Waals surface area contributed by atoms with Crippen LogP contribution in [-0.2, 0) is 0 Å². The topological polar surface area (TPSA) is 95.9 Å². The minimum absolute atomic E-state index is 0.0393. The summed E-state index contributed by atoms with van der Waals surface area (Å²) < 4.78 is 34.9. The van der Waals surface area contributed by atoms with Gasteiger partial charge in [0.25, 0.3) is 0 Å². The number of fused-ring (bicyclic) bond motifs is 1. The van der Waals surface area contributed by atoms with E-state index in [1.54, 1.807) is 18.3 Å². The van der Waals surface area contributed by atoms with Crippen LogP contribution in [0.15, 0.2) is 67.0 Å². The van der Waals surface area contributed by atoms with E-state index in [1.165, 1.54) is 30.8 Å². The molecule has 1 aliphatic heterocycles. The molecule has 1 saturated carbocycles. The van der Waals surface area contributed by atoms with E-state index in [4.69, 9.17) is 5.26 Å². The number of aryl methyl sites for hydroxylation is 1. The van der Waals surface area contributed by atoms with E-state index in [0.29, 0.717) is 28.6 Å². The summed E-state index contributed by atoms with van der Waals surface area (Å²) in [6.45, 7) is 2.02. The third-order valence-electron chi connectivity index (χ3n) is 5.48. The van der Waals surface area contributed by atoms with Crippen molar-refractivity contribution in [3.05, 3.63) is 83.9 Å². The van der Waals surface area contributed by atoms with Gasteiger partial charge in [0.05, 0.1) is 5.56 Å². The number of hydrogen-bond acceptors (Lipinski definition) is 6. The predicted octanol–water partition coefficient (Wildman–Crippen LogP) is 6.28. The lowest BCUT2D eigenvalue weighted by Crippen LogP contribution is -2.26. The normalized spacial score (nSPS) is 15.0. The van der Waals surface area contributed by atoms with Crippen molar-refractivity contribution in [3.63, 3.8) is 0 Å². The van der Waals surface area contributed by atoms with Crippen molar-refractivity contribution >= 4 is 11.6 Å². The second-order valence-electron chi connectivity index (χ2n) is 8.22. The quantitative estimate of drug-likeness (QED) is 0.362. The van der Waals surface area contributed by atoms with Gasteiger partial charge in [0, 0.05) is 46.5 Å². The van der Waals surface area contributed by atoms with Crippen molar-refractivity contribution in [3.8, 4) is 28.7 Å². The summed E-state index contributed by atoms with van der Waals surface area (Å²) in [6.07, 6.45) is 1.90. The second kappa shape index (κ2) is 9.06. The minimum Gasteiger partial charge on any atom is -0.395 e. The molecule has 4 aromatic rings. The van der Waals surface area contributed by atoms with Crippen molar-refractivity contribution < 1.29 is 18.3 Å². The Morgan fingerprint density at radius 1 is 1.03 bits per heavy atom. The maximum atomic E-state index is 13.0. The number of benzene rings is 2. The third kappa shape index (κ3) is 5.06. The van der Waals surface area contributed by atoms with Gasteiger partial charge < -0.3 is 19.8 Å². The van der Waals surface area contributed by atoms with Gasteiger partial charge in [-0.1, -0.05) is 30.3 Å². The highest BCUT2D eigenvalue weighted by Crippen LogP contribution is 2.47. The molecule has 2 aliphatic rings. The zero-order valence-corrected chi connectivity index (χ0v) is 18.8. The molecule has 0 amide bonds. The smallest absolute Gasteiger partial charge is 0.395 e. The Balaban J connectivity index is 0.000000145. The van der Waals surface area contributed by atoms with Crippen molar-refractivity contribution in [2.24, 2.45) is 0 Å². The molecule has 1 aliphatic carbocycles. The van der Waals surface area contributed by atoms with Crippen LogP contribution in [0.3, 0.4) is 0 Å². The Morgan fingerprint density at radius 3 is 2.57 bits per heavy atom. The fourth-order valence-electron chi connectivity index (χ4n) is 3.75. The fourth-order valence-corrected chi connectivity index (χ4v) is 3.75. The molecule has 7 nitrogen and oxygen atoms in total. The van der Waals surface area contributed by atoms with Gasteiger partial charge in [-0.15, -0.1) is 8.78 Å². The van der Waals surface area contributed by atoms with Crippen LogP contribution in [-0.4, -0.2) is 21.2 Å². The number of aromatic nitrogens is 3. The summed E-state index contributed by atoms with van der Waals surface area (Å²) in [5, 5.41) is 12.2. The highest BCUT2D eigenvalue weighted by molar-refractivity contribution is 5.78. The predicted molar refractivity (Wildman–Crippen MR) is 126 cm³/mol. The third-order valence-corrected chi connectivity index (χ3v) is 5.48. The summed E-state index contributed by atoms with van der Waals surface area (Å²) in [5.41, 5.74) is 4.47. The van der Waals surface area contributed by atoms with E-state index >= 15 is 0 Å². The highest BCUT2D eigenvalue weighted by atomic mass is 19.3. The molecule has 0 spiro atoms. The summed E-state index contributed by atoms with van der Waals surface area (Å²) in [7, 11) is 0. The molecule has 6 rings (SSSR count). The molecule has 0 bridgehead atoms. The van der Waals surface area contributed by atoms with Gasteiger partial charge in [-0.25, -0.2) is 9.97 Å². The van der Waals surface area contributed by atoms with Crippen molar-refractivity contribution in [2.45, 2.75) is 32.0 Å². The summed E-state index contributed by atoms with van der Waals surface area (Å²) >= 11 is 0. The van der Waals surface area contributed by atoms with Crippen LogP contribution >= 0.6 is 0 Å². The molecule has 2 aromatic carbocycles. The SMILES string of the molecule is Cc1cc(C2CC2)nc(Nc2ccccc2)n1.N#Cc1c[nH]cc1-c1cccc2c1OC(F)(F)O2.